The Morgan fingerprint density at radius 1 is 1.23 bits per heavy atom. The van der Waals surface area contributed by atoms with Gasteiger partial charge in [0.15, 0.2) is 4.34 Å². The molecule has 10 heteroatoms. The maximum absolute atomic E-state index is 13.0. The molecule has 5 nitrogen and oxygen atoms in total. The molecule has 1 atom stereocenters. The lowest BCUT2D eigenvalue weighted by Crippen LogP contribution is -2.37. The van der Waals surface area contributed by atoms with Crippen molar-refractivity contribution in [1.29, 1.82) is 0 Å². The Hall–Kier alpha value is -1.81. The molecule has 0 spiro atoms. The number of halogens is 3. The molecule has 142 valence electrons. The fourth-order valence-electron chi connectivity index (χ4n) is 1.86. The van der Waals surface area contributed by atoms with E-state index in [1.807, 2.05) is 20.8 Å². The van der Waals surface area contributed by atoms with Gasteiger partial charge >= 0.3 is 6.18 Å². The van der Waals surface area contributed by atoms with E-state index >= 15 is 0 Å². The van der Waals surface area contributed by atoms with Crippen molar-refractivity contribution < 1.29 is 18.0 Å². The van der Waals surface area contributed by atoms with Crippen LogP contribution in [0.5, 0.6) is 0 Å². The lowest BCUT2D eigenvalue weighted by molar-refractivity contribution is -0.137. The molecule has 2 N–H and O–H groups in total. The third kappa shape index (κ3) is 5.87. The Morgan fingerprint density at radius 2 is 1.92 bits per heavy atom. The first-order chi connectivity index (χ1) is 12.2. The fourth-order valence-corrected chi connectivity index (χ4v) is 3.44. The third-order valence-corrected chi connectivity index (χ3v) is 5.57. The highest BCUT2D eigenvalue weighted by atomic mass is 32.2. The van der Waals surface area contributed by atoms with Gasteiger partial charge in [0.1, 0.15) is 0 Å². The number of hydrogen-bond donors (Lipinski definition) is 2. The molecule has 0 fully saturated rings. The van der Waals surface area contributed by atoms with Crippen LogP contribution in [0.4, 0.5) is 24.0 Å². The quantitative estimate of drug-likeness (QED) is 0.663. The monoisotopic (exact) mass is 404 g/mol. The van der Waals surface area contributed by atoms with Crippen LogP contribution in [0.15, 0.2) is 28.6 Å². The Labute approximate surface area is 157 Å². The number of hydrogen-bond acceptors (Lipinski definition) is 6. The summed E-state index contributed by atoms with van der Waals surface area (Å²) in [5.41, 5.74) is -0.859. The molecular weight excluding hydrogens is 385 g/mol. The Balaban J connectivity index is 1.96. The topological polar surface area (TPSA) is 66.9 Å². The smallest absolute Gasteiger partial charge is 0.353 e. The fraction of sp³-hybridized carbons (Fsp3) is 0.438. The number of thioether (sulfide) groups is 1. The summed E-state index contributed by atoms with van der Waals surface area (Å²) in [5, 5.41) is 13.5. The number of amides is 1. The van der Waals surface area contributed by atoms with Gasteiger partial charge in [-0.2, -0.15) is 13.2 Å². The first-order valence-electron chi connectivity index (χ1n) is 7.85. The van der Waals surface area contributed by atoms with Gasteiger partial charge in [0.25, 0.3) is 0 Å². The van der Waals surface area contributed by atoms with Crippen molar-refractivity contribution in [1.82, 2.24) is 15.5 Å². The summed E-state index contributed by atoms with van der Waals surface area (Å²) in [6.07, 6.45) is -4.46. The third-order valence-electron chi connectivity index (χ3n) is 3.60. The summed E-state index contributed by atoms with van der Waals surface area (Å²) in [7, 11) is 0. The highest BCUT2D eigenvalue weighted by Gasteiger charge is 2.33. The maximum Gasteiger partial charge on any atom is 0.418 e. The number of nitrogens with one attached hydrogen (secondary N) is 2. The van der Waals surface area contributed by atoms with Crippen molar-refractivity contribution >= 4 is 39.8 Å². The minimum atomic E-state index is -4.46. The van der Waals surface area contributed by atoms with Crippen LogP contribution < -0.4 is 10.6 Å². The second-order valence-electron chi connectivity index (χ2n) is 5.93. The zero-order chi connectivity index (χ0) is 19.3. The van der Waals surface area contributed by atoms with E-state index in [2.05, 4.69) is 20.8 Å². The summed E-state index contributed by atoms with van der Waals surface area (Å²) >= 11 is 2.29. The number of alkyl halides is 3. The Bertz CT molecular complexity index is 749. The standard InChI is InChI=1S/C16H19F3N4OS2/c1-9(2)10(3)20-13(24)8-25-15-23-22-14(26-15)21-12-7-5-4-6-11(12)16(17,18)19/h4-7,9-10H,8H2,1-3H3,(H,20,24)(H,21,22)/t10-/m1/s1. The maximum atomic E-state index is 13.0. The van der Waals surface area contributed by atoms with Gasteiger partial charge < -0.3 is 10.6 Å². The molecule has 0 saturated heterocycles. The van der Waals surface area contributed by atoms with Crippen molar-refractivity contribution in [2.75, 3.05) is 11.1 Å². The molecule has 0 radical (unpaired) electrons. The van der Waals surface area contributed by atoms with Crippen LogP contribution in [0.25, 0.3) is 0 Å². The number of para-hydroxylation sites is 1. The summed E-state index contributed by atoms with van der Waals surface area (Å²) in [4.78, 5) is 11.9. The number of carbonyl (C=O) groups excluding carboxylic acids is 1. The summed E-state index contributed by atoms with van der Waals surface area (Å²) in [6.45, 7) is 5.96. The minimum absolute atomic E-state index is 0.0635. The van der Waals surface area contributed by atoms with Crippen molar-refractivity contribution in [3.8, 4) is 0 Å². The largest absolute Gasteiger partial charge is 0.418 e. The normalized spacial score (nSPS) is 12.9. The molecule has 1 heterocycles. The zero-order valence-corrected chi connectivity index (χ0v) is 16.1. The summed E-state index contributed by atoms with van der Waals surface area (Å²) < 4.78 is 39.5. The van der Waals surface area contributed by atoms with Crippen molar-refractivity contribution in [3.05, 3.63) is 29.8 Å². The SMILES string of the molecule is CC(C)[C@@H](C)NC(=O)CSc1nnc(Nc2ccccc2C(F)(F)F)s1. The molecule has 0 saturated carbocycles. The van der Waals surface area contributed by atoms with Gasteiger partial charge in [-0.3, -0.25) is 4.79 Å². The van der Waals surface area contributed by atoms with Crippen molar-refractivity contribution in [2.45, 2.75) is 37.3 Å². The van der Waals surface area contributed by atoms with Crippen LogP contribution in [0, 0.1) is 5.92 Å². The zero-order valence-electron chi connectivity index (χ0n) is 14.4. The predicted octanol–water partition coefficient (Wildman–Crippen LogP) is 4.55. The van der Waals surface area contributed by atoms with Gasteiger partial charge in [0, 0.05) is 6.04 Å². The summed E-state index contributed by atoms with van der Waals surface area (Å²) in [6, 6.07) is 5.23. The molecule has 2 aromatic rings. The van der Waals surface area contributed by atoms with Gasteiger partial charge in [-0.25, -0.2) is 0 Å². The highest BCUT2D eigenvalue weighted by Crippen LogP contribution is 2.36. The molecule has 0 unspecified atom stereocenters. The molecule has 0 aliphatic heterocycles. The second-order valence-corrected chi connectivity index (χ2v) is 8.13. The van der Waals surface area contributed by atoms with Crippen molar-refractivity contribution in [2.24, 2.45) is 5.92 Å². The van der Waals surface area contributed by atoms with Gasteiger partial charge in [-0.1, -0.05) is 49.1 Å². The van der Waals surface area contributed by atoms with E-state index in [4.69, 9.17) is 0 Å². The number of aromatic nitrogens is 2. The molecular formula is C16H19F3N4OS2. The molecule has 26 heavy (non-hydrogen) atoms. The Morgan fingerprint density at radius 3 is 2.58 bits per heavy atom. The number of rotatable bonds is 7. The van der Waals surface area contributed by atoms with Crippen molar-refractivity contribution in [3.63, 3.8) is 0 Å². The molecule has 1 aromatic heterocycles. The van der Waals surface area contributed by atoms with E-state index in [0.29, 0.717) is 10.3 Å². The molecule has 1 aromatic carbocycles. The minimum Gasteiger partial charge on any atom is -0.353 e. The van der Waals surface area contributed by atoms with E-state index in [0.717, 1.165) is 17.4 Å². The van der Waals surface area contributed by atoms with E-state index in [1.165, 1.54) is 30.0 Å². The summed E-state index contributed by atoms with van der Waals surface area (Å²) in [5.74, 6) is 0.378. The van der Waals surface area contributed by atoms with Gasteiger partial charge in [-0.05, 0) is 25.0 Å². The lowest BCUT2D eigenvalue weighted by Gasteiger charge is -2.16. The van der Waals surface area contributed by atoms with Gasteiger partial charge in [0.05, 0.1) is 17.0 Å². The van der Waals surface area contributed by atoms with Crippen LogP contribution in [-0.2, 0) is 11.0 Å². The average Bonchev–Trinajstić information content (AvgIpc) is 3.00. The molecule has 1 amide bonds. The molecule has 0 aliphatic carbocycles. The molecule has 0 aliphatic rings. The van der Waals surface area contributed by atoms with Crippen LogP contribution in [0.1, 0.15) is 26.3 Å². The Kier molecular flexibility index (Phi) is 6.87. The van der Waals surface area contributed by atoms with E-state index in [-0.39, 0.29) is 28.5 Å². The molecule has 0 bridgehead atoms. The van der Waals surface area contributed by atoms with Crippen LogP contribution in [0.3, 0.4) is 0 Å². The second kappa shape index (κ2) is 8.72. The van der Waals surface area contributed by atoms with Crippen LogP contribution in [-0.4, -0.2) is 27.9 Å². The number of nitrogens with zero attached hydrogens (tertiary/aromatic N) is 2. The lowest BCUT2D eigenvalue weighted by atomic mass is 10.1. The van der Waals surface area contributed by atoms with Gasteiger partial charge in [-0.15, -0.1) is 10.2 Å². The van der Waals surface area contributed by atoms with Gasteiger partial charge in [0.2, 0.25) is 11.0 Å². The average molecular weight is 404 g/mol. The van der Waals surface area contributed by atoms with Crippen LogP contribution in [0.2, 0.25) is 0 Å². The van der Waals surface area contributed by atoms with Crippen LogP contribution >= 0.6 is 23.1 Å². The molecule has 2 rings (SSSR count). The predicted molar refractivity (Wildman–Crippen MR) is 97.8 cm³/mol. The first kappa shape index (κ1) is 20.5. The highest BCUT2D eigenvalue weighted by molar-refractivity contribution is 8.01. The van der Waals surface area contributed by atoms with E-state index in [9.17, 15) is 18.0 Å². The number of anilines is 2. The van der Waals surface area contributed by atoms with E-state index in [1.54, 1.807) is 0 Å². The van der Waals surface area contributed by atoms with E-state index < -0.39 is 11.7 Å². The number of carbonyl (C=O) groups is 1. The number of benzene rings is 1. The first-order valence-corrected chi connectivity index (χ1v) is 9.66.